The number of thiocarbonyl (C=S) groups is 1. The first-order chi connectivity index (χ1) is 14.4. The van der Waals surface area contributed by atoms with Crippen LogP contribution in [-0.2, 0) is 6.61 Å². The van der Waals surface area contributed by atoms with Gasteiger partial charge >= 0.3 is 6.61 Å². The molecule has 2 heterocycles. The number of nitrogens with one attached hydrogen (secondary N) is 1. The van der Waals surface area contributed by atoms with Gasteiger partial charge in [-0.25, -0.2) is 0 Å². The van der Waals surface area contributed by atoms with Gasteiger partial charge in [0.15, 0.2) is 17.4 Å². The molecule has 0 unspecified atom stereocenters. The number of anilines is 1. The van der Waals surface area contributed by atoms with Gasteiger partial charge in [-0.1, -0.05) is 23.8 Å². The summed E-state index contributed by atoms with van der Waals surface area (Å²) in [7, 11) is 0. The van der Waals surface area contributed by atoms with E-state index < -0.39 is 6.61 Å². The van der Waals surface area contributed by atoms with Crippen LogP contribution < -0.4 is 19.7 Å². The first kappa shape index (κ1) is 22.1. The molecule has 0 atom stereocenters. The summed E-state index contributed by atoms with van der Waals surface area (Å²) in [6.45, 7) is -3.13. The van der Waals surface area contributed by atoms with Gasteiger partial charge in [-0.05, 0) is 48.2 Å². The topological polar surface area (TPSA) is 68.4 Å². The lowest BCUT2D eigenvalue weighted by Gasteiger charge is -2.16. The molecule has 0 saturated carbocycles. The average molecular weight is 469 g/mol. The van der Waals surface area contributed by atoms with E-state index in [-0.39, 0.29) is 28.8 Å². The Morgan fingerprint density at radius 2 is 1.97 bits per heavy atom. The van der Waals surface area contributed by atoms with E-state index in [1.165, 1.54) is 28.8 Å². The second kappa shape index (κ2) is 9.94. The van der Waals surface area contributed by atoms with Crippen molar-refractivity contribution in [3.05, 3.63) is 75.7 Å². The Hall–Kier alpha value is -2.59. The van der Waals surface area contributed by atoms with Crippen molar-refractivity contribution in [1.29, 1.82) is 0 Å². The molecule has 10 heteroatoms. The fourth-order valence-corrected chi connectivity index (χ4v) is 3.86. The summed E-state index contributed by atoms with van der Waals surface area (Å²) >= 11 is 12.6. The number of aromatic nitrogens is 1. The Morgan fingerprint density at radius 3 is 2.57 bits per heavy atom. The van der Waals surface area contributed by atoms with Crippen molar-refractivity contribution in [3.8, 4) is 5.75 Å². The van der Waals surface area contributed by atoms with E-state index in [1.807, 2.05) is 0 Å². The number of benzene rings is 1. The van der Waals surface area contributed by atoms with E-state index in [2.05, 4.69) is 10.1 Å². The highest BCUT2D eigenvalue weighted by Gasteiger charge is 2.20. The van der Waals surface area contributed by atoms with Gasteiger partial charge in [0, 0.05) is 22.2 Å². The van der Waals surface area contributed by atoms with Crippen LogP contribution in [0.2, 0.25) is 4.34 Å². The minimum Gasteiger partial charge on any atom is -0.867 e. The molecular formula is C20H15ClF2N2O3S2. The lowest BCUT2D eigenvalue weighted by Crippen LogP contribution is -2.40. The van der Waals surface area contributed by atoms with Gasteiger partial charge in [-0.15, -0.1) is 11.3 Å². The molecule has 0 aliphatic carbocycles. The quantitative estimate of drug-likeness (QED) is 0.238. The van der Waals surface area contributed by atoms with E-state index in [0.29, 0.717) is 20.5 Å². The summed E-state index contributed by atoms with van der Waals surface area (Å²) in [5.74, 6) is -0.359. The van der Waals surface area contributed by atoms with Crippen LogP contribution in [0.1, 0.15) is 10.4 Å². The maximum Gasteiger partial charge on any atom is 0.387 e. The molecule has 0 amide bonds. The van der Waals surface area contributed by atoms with Crippen LogP contribution in [0, 0.1) is 0 Å². The molecule has 0 bridgehead atoms. The summed E-state index contributed by atoms with van der Waals surface area (Å²) in [5, 5.41) is 25.5. The Balaban J connectivity index is 1.96. The lowest BCUT2D eigenvalue weighted by atomic mass is 10.2. The molecule has 5 nitrogen and oxygen atoms in total. The SMILES string of the molecule is [O-]/C(=C(\C(=S)Nc1ccc(OC(F)F)cc1)[n+]1cccc(CO)c1)c1ccc(Cl)s1. The van der Waals surface area contributed by atoms with Crippen LogP contribution in [0.15, 0.2) is 60.9 Å². The molecule has 3 rings (SSSR count). The van der Waals surface area contributed by atoms with Crippen molar-refractivity contribution >= 4 is 57.3 Å². The molecule has 0 fully saturated rings. The van der Waals surface area contributed by atoms with Crippen molar-refractivity contribution in [2.24, 2.45) is 0 Å². The number of rotatable bonds is 7. The van der Waals surface area contributed by atoms with Gasteiger partial charge in [0.2, 0.25) is 5.70 Å². The van der Waals surface area contributed by atoms with Crippen LogP contribution in [0.4, 0.5) is 14.5 Å². The predicted octanol–water partition coefficient (Wildman–Crippen LogP) is 3.91. The minimum atomic E-state index is -2.92. The Labute approximate surface area is 185 Å². The van der Waals surface area contributed by atoms with Crippen LogP contribution in [0.5, 0.6) is 5.75 Å². The van der Waals surface area contributed by atoms with E-state index in [0.717, 1.165) is 11.3 Å². The zero-order valence-corrected chi connectivity index (χ0v) is 17.6. The standard InChI is InChI=1S/C20H15ClF2N2O3S2/c21-16-8-7-15(30-16)18(27)17(25-9-1-2-12(10-25)11-26)19(29)24-13-3-5-14(6-4-13)28-20(22)23/h1-10,20,26H,11H2,(H-,24,27,29). The van der Waals surface area contributed by atoms with Gasteiger partial charge in [-0.3, -0.25) is 0 Å². The number of nitrogens with zero attached hydrogens (tertiary/aromatic N) is 1. The van der Waals surface area contributed by atoms with Gasteiger partial charge in [-0.2, -0.15) is 13.3 Å². The third kappa shape index (κ3) is 5.51. The van der Waals surface area contributed by atoms with E-state index in [9.17, 15) is 19.0 Å². The maximum absolute atomic E-state index is 13.2. The number of ether oxygens (including phenoxy) is 1. The fourth-order valence-electron chi connectivity index (χ4n) is 2.56. The first-order valence-electron chi connectivity index (χ1n) is 8.52. The number of aliphatic hydroxyl groups is 1. The summed E-state index contributed by atoms with van der Waals surface area (Å²) in [6.07, 6.45) is 3.23. The van der Waals surface area contributed by atoms with Crippen LogP contribution >= 0.6 is 35.2 Å². The van der Waals surface area contributed by atoms with Crippen molar-refractivity contribution in [2.75, 3.05) is 5.32 Å². The van der Waals surface area contributed by atoms with Gasteiger partial charge in [0.1, 0.15) is 5.75 Å². The Morgan fingerprint density at radius 1 is 1.23 bits per heavy atom. The first-order valence-corrected chi connectivity index (χ1v) is 10.1. The molecular weight excluding hydrogens is 454 g/mol. The number of thiophene rings is 1. The normalized spacial score (nSPS) is 11.9. The molecule has 1 aromatic carbocycles. The van der Waals surface area contributed by atoms with Crippen LogP contribution in [0.3, 0.4) is 0 Å². The Bertz CT molecular complexity index is 1070. The van der Waals surface area contributed by atoms with E-state index >= 15 is 0 Å². The highest BCUT2D eigenvalue weighted by molar-refractivity contribution is 7.81. The van der Waals surface area contributed by atoms with Gasteiger partial charge in [0.05, 0.1) is 10.9 Å². The summed E-state index contributed by atoms with van der Waals surface area (Å²) < 4.78 is 30.9. The average Bonchev–Trinajstić information content (AvgIpc) is 3.16. The minimum absolute atomic E-state index is 0.00000257. The van der Waals surface area contributed by atoms with Gasteiger partial charge < -0.3 is 20.3 Å². The van der Waals surface area contributed by atoms with Crippen molar-refractivity contribution in [3.63, 3.8) is 0 Å². The number of hydrogen-bond donors (Lipinski definition) is 2. The van der Waals surface area contributed by atoms with E-state index in [4.69, 9.17) is 23.8 Å². The molecule has 0 spiro atoms. The number of pyridine rings is 1. The molecule has 0 radical (unpaired) electrons. The third-order valence-corrected chi connectivity index (χ3v) is 5.39. The monoisotopic (exact) mass is 468 g/mol. The second-order valence-electron chi connectivity index (χ2n) is 5.92. The number of halogens is 3. The second-order valence-corrected chi connectivity index (χ2v) is 8.04. The Kier molecular flexibility index (Phi) is 7.33. The lowest BCUT2D eigenvalue weighted by molar-refractivity contribution is -0.578. The summed E-state index contributed by atoms with van der Waals surface area (Å²) in [6, 6.07) is 12.3. The zero-order chi connectivity index (χ0) is 21.7. The largest absolute Gasteiger partial charge is 0.867 e. The highest BCUT2D eigenvalue weighted by Crippen LogP contribution is 2.27. The van der Waals surface area contributed by atoms with Gasteiger partial charge in [0.25, 0.3) is 0 Å². The molecule has 2 N–H and O–H groups in total. The molecule has 0 aliphatic rings. The predicted molar refractivity (Wildman–Crippen MR) is 114 cm³/mol. The van der Waals surface area contributed by atoms with Crippen molar-refractivity contribution in [1.82, 2.24) is 0 Å². The van der Waals surface area contributed by atoms with Crippen molar-refractivity contribution in [2.45, 2.75) is 13.2 Å². The molecule has 2 aromatic heterocycles. The molecule has 30 heavy (non-hydrogen) atoms. The third-order valence-electron chi connectivity index (χ3n) is 3.87. The van der Waals surface area contributed by atoms with Crippen LogP contribution in [0.25, 0.3) is 11.5 Å². The van der Waals surface area contributed by atoms with Crippen molar-refractivity contribution < 1.29 is 28.3 Å². The number of aliphatic hydroxyl groups excluding tert-OH is 1. The maximum atomic E-state index is 13.2. The molecule has 0 aliphatic heterocycles. The molecule has 156 valence electrons. The summed E-state index contributed by atoms with van der Waals surface area (Å²) in [4.78, 5) is 0.494. The zero-order valence-electron chi connectivity index (χ0n) is 15.2. The smallest absolute Gasteiger partial charge is 0.387 e. The van der Waals surface area contributed by atoms with E-state index in [1.54, 1.807) is 36.7 Å². The molecule has 0 saturated heterocycles. The number of hydrogen-bond acceptors (Lipinski definition) is 5. The fraction of sp³-hybridized carbons (Fsp3) is 0.100. The highest BCUT2D eigenvalue weighted by atomic mass is 35.5. The number of alkyl halides is 2. The molecule has 3 aromatic rings. The summed E-state index contributed by atoms with van der Waals surface area (Å²) in [5.41, 5.74) is 1.21. The van der Waals surface area contributed by atoms with Crippen LogP contribution in [-0.4, -0.2) is 16.7 Å².